The third-order valence-electron chi connectivity index (χ3n) is 1.63. The zero-order valence-corrected chi connectivity index (χ0v) is 7.90. The number of aromatic amines is 1. The topological polar surface area (TPSA) is 112 Å². The van der Waals surface area contributed by atoms with Crippen molar-refractivity contribution in [3.8, 4) is 11.8 Å². The number of carbonyl (C=O) groups is 1. The molecule has 6 heteroatoms. The van der Waals surface area contributed by atoms with Gasteiger partial charge in [-0.05, 0) is 5.92 Å². The first-order valence-electron chi connectivity index (χ1n) is 4.26. The summed E-state index contributed by atoms with van der Waals surface area (Å²) in [6, 6.07) is 0. The van der Waals surface area contributed by atoms with Crippen molar-refractivity contribution < 1.29 is 15.0 Å². The molecule has 0 fully saturated rings. The number of aromatic nitrogens is 2. The van der Waals surface area contributed by atoms with Crippen molar-refractivity contribution in [3.05, 3.63) is 17.7 Å². The van der Waals surface area contributed by atoms with Gasteiger partial charge in [0, 0.05) is 6.42 Å². The van der Waals surface area contributed by atoms with Crippen LogP contribution in [-0.2, 0) is 0 Å². The average molecular weight is 209 g/mol. The number of aliphatic hydroxyl groups is 2. The van der Waals surface area contributed by atoms with E-state index in [-0.39, 0.29) is 18.7 Å². The molecule has 0 radical (unpaired) electrons. The summed E-state index contributed by atoms with van der Waals surface area (Å²) in [5.74, 6) is 4.53. The van der Waals surface area contributed by atoms with Crippen LogP contribution in [0.2, 0.25) is 0 Å². The van der Waals surface area contributed by atoms with Crippen molar-refractivity contribution >= 4 is 5.91 Å². The van der Waals surface area contributed by atoms with Gasteiger partial charge in [-0.1, -0.05) is 5.92 Å². The van der Waals surface area contributed by atoms with Gasteiger partial charge >= 0.3 is 0 Å². The molecule has 5 N–H and O–H groups in total. The Bertz CT molecular complexity index is 402. The standard InChI is InChI=1S/C9H11N3O3/c10-9(15)8-7(11-5-12-8)3-1-2-6(14)4-13/h5-6,13-14H,2,4H2,(H2,10,15)(H,11,12). The molecule has 0 saturated heterocycles. The van der Waals surface area contributed by atoms with Crippen LogP contribution >= 0.6 is 0 Å². The van der Waals surface area contributed by atoms with E-state index in [1.54, 1.807) is 0 Å². The molecule has 1 heterocycles. The minimum atomic E-state index is -0.877. The average Bonchev–Trinajstić information content (AvgIpc) is 2.65. The van der Waals surface area contributed by atoms with E-state index in [4.69, 9.17) is 15.9 Å². The quantitative estimate of drug-likeness (QED) is 0.459. The third-order valence-corrected chi connectivity index (χ3v) is 1.63. The molecule has 1 rings (SSSR count). The highest BCUT2D eigenvalue weighted by Crippen LogP contribution is 1.99. The summed E-state index contributed by atoms with van der Waals surface area (Å²) in [6.45, 7) is -0.347. The number of imidazole rings is 1. The number of hydrogen-bond acceptors (Lipinski definition) is 4. The van der Waals surface area contributed by atoms with Crippen molar-refractivity contribution in [2.24, 2.45) is 5.73 Å². The van der Waals surface area contributed by atoms with Gasteiger partial charge in [0.2, 0.25) is 0 Å². The second kappa shape index (κ2) is 5.14. The molecule has 1 aromatic heterocycles. The van der Waals surface area contributed by atoms with E-state index in [9.17, 15) is 4.79 Å². The highest BCUT2D eigenvalue weighted by molar-refractivity contribution is 5.92. The zero-order valence-electron chi connectivity index (χ0n) is 7.90. The van der Waals surface area contributed by atoms with Crippen LogP contribution < -0.4 is 5.73 Å². The number of hydrogen-bond donors (Lipinski definition) is 4. The van der Waals surface area contributed by atoms with Crippen molar-refractivity contribution in [3.63, 3.8) is 0 Å². The van der Waals surface area contributed by atoms with Crippen LogP contribution in [0.15, 0.2) is 6.33 Å². The molecule has 1 amide bonds. The molecule has 1 unspecified atom stereocenters. The Kier molecular flexibility index (Phi) is 3.85. The number of nitrogens with one attached hydrogen (secondary N) is 1. The maximum absolute atomic E-state index is 10.8. The van der Waals surface area contributed by atoms with Crippen molar-refractivity contribution in [1.29, 1.82) is 0 Å². The molecule has 6 nitrogen and oxygen atoms in total. The Balaban J connectivity index is 2.71. The van der Waals surface area contributed by atoms with Gasteiger partial charge in [0.1, 0.15) is 5.69 Å². The van der Waals surface area contributed by atoms with Crippen LogP contribution in [0, 0.1) is 11.8 Å². The second-order valence-corrected chi connectivity index (χ2v) is 2.83. The number of nitrogens with zero attached hydrogens (tertiary/aromatic N) is 1. The van der Waals surface area contributed by atoms with E-state index in [2.05, 4.69) is 21.8 Å². The van der Waals surface area contributed by atoms with Gasteiger partial charge in [-0.2, -0.15) is 0 Å². The molecular formula is C9H11N3O3. The van der Waals surface area contributed by atoms with E-state index in [0.717, 1.165) is 0 Å². The predicted molar refractivity (Wildman–Crippen MR) is 51.7 cm³/mol. The fourth-order valence-electron chi connectivity index (χ4n) is 0.898. The first-order chi connectivity index (χ1) is 7.15. The lowest BCUT2D eigenvalue weighted by molar-refractivity contribution is 0.0992. The number of amides is 1. The number of H-pyrrole nitrogens is 1. The van der Waals surface area contributed by atoms with E-state index >= 15 is 0 Å². The van der Waals surface area contributed by atoms with Gasteiger partial charge < -0.3 is 20.9 Å². The van der Waals surface area contributed by atoms with Crippen molar-refractivity contribution in [1.82, 2.24) is 9.97 Å². The molecule has 0 aliphatic heterocycles. The Labute approximate surface area is 86.1 Å². The van der Waals surface area contributed by atoms with Crippen LogP contribution in [0.25, 0.3) is 0 Å². The molecule has 15 heavy (non-hydrogen) atoms. The fraction of sp³-hybridized carbons (Fsp3) is 0.333. The molecule has 0 saturated carbocycles. The van der Waals surface area contributed by atoms with Gasteiger partial charge in [0.25, 0.3) is 5.91 Å². The predicted octanol–water partition coefficient (Wildman–Crippen LogP) is -1.40. The molecule has 0 aromatic carbocycles. The van der Waals surface area contributed by atoms with Gasteiger partial charge in [-0.25, -0.2) is 4.98 Å². The van der Waals surface area contributed by atoms with Crippen LogP contribution in [0.1, 0.15) is 22.6 Å². The molecule has 1 aromatic rings. The summed E-state index contributed by atoms with van der Waals surface area (Å²) in [5.41, 5.74) is 5.42. The maximum atomic E-state index is 10.8. The minimum Gasteiger partial charge on any atom is -0.394 e. The summed E-state index contributed by atoms with van der Waals surface area (Å²) < 4.78 is 0. The Hall–Kier alpha value is -1.84. The van der Waals surface area contributed by atoms with E-state index < -0.39 is 12.0 Å². The summed E-state index contributed by atoms with van der Waals surface area (Å²) in [5, 5.41) is 17.5. The highest BCUT2D eigenvalue weighted by Gasteiger charge is 2.08. The van der Waals surface area contributed by atoms with E-state index in [1.165, 1.54) is 6.33 Å². The molecular weight excluding hydrogens is 198 g/mol. The lowest BCUT2D eigenvalue weighted by Crippen LogP contribution is -2.13. The number of aliphatic hydroxyl groups excluding tert-OH is 2. The summed E-state index contributed by atoms with van der Waals surface area (Å²) in [7, 11) is 0. The lowest BCUT2D eigenvalue weighted by Gasteiger charge is -1.98. The maximum Gasteiger partial charge on any atom is 0.270 e. The lowest BCUT2D eigenvalue weighted by atomic mass is 10.2. The smallest absolute Gasteiger partial charge is 0.270 e. The molecule has 0 spiro atoms. The molecule has 0 aliphatic carbocycles. The normalized spacial score (nSPS) is 11.6. The molecule has 0 bridgehead atoms. The minimum absolute atomic E-state index is 0.0704. The SMILES string of the molecule is NC(=O)c1nc[nH]c1C#CCC(O)CO. The van der Waals surface area contributed by atoms with Gasteiger partial charge in [-0.15, -0.1) is 0 Å². The van der Waals surface area contributed by atoms with Crippen LogP contribution in [0.4, 0.5) is 0 Å². The number of nitrogens with two attached hydrogens (primary N) is 1. The number of carbonyl (C=O) groups excluding carboxylic acids is 1. The summed E-state index contributed by atoms with van der Waals surface area (Å²) in [6.07, 6.45) is 0.553. The van der Waals surface area contributed by atoms with Gasteiger partial charge in [-0.3, -0.25) is 4.79 Å². The summed E-state index contributed by atoms with van der Waals surface area (Å²) in [4.78, 5) is 17.2. The fourth-order valence-corrected chi connectivity index (χ4v) is 0.898. The van der Waals surface area contributed by atoms with E-state index in [1.807, 2.05) is 0 Å². The highest BCUT2D eigenvalue weighted by atomic mass is 16.3. The Morgan fingerprint density at radius 2 is 2.47 bits per heavy atom. The molecule has 0 aliphatic rings. The first-order valence-corrected chi connectivity index (χ1v) is 4.26. The third kappa shape index (κ3) is 3.09. The van der Waals surface area contributed by atoms with Crippen molar-refractivity contribution in [2.45, 2.75) is 12.5 Å². The molecule has 1 atom stereocenters. The number of rotatable bonds is 3. The number of primary amides is 1. The monoisotopic (exact) mass is 209 g/mol. The second-order valence-electron chi connectivity index (χ2n) is 2.83. The van der Waals surface area contributed by atoms with Crippen molar-refractivity contribution in [2.75, 3.05) is 6.61 Å². The van der Waals surface area contributed by atoms with Crippen LogP contribution in [0.5, 0.6) is 0 Å². The molecule has 80 valence electrons. The Morgan fingerprint density at radius 1 is 1.73 bits per heavy atom. The van der Waals surface area contributed by atoms with Gasteiger partial charge in [0.15, 0.2) is 5.69 Å². The van der Waals surface area contributed by atoms with Crippen LogP contribution in [0.3, 0.4) is 0 Å². The summed E-state index contributed by atoms with van der Waals surface area (Å²) >= 11 is 0. The first kappa shape index (κ1) is 11.2. The van der Waals surface area contributed by atoms with Crippen LogP contribution in [-0.4, -0.2) is 38.8 Å². The van der Waals surface area contributed by atoms with Gasteiger partial charge in [0.05, 0.1) is 19.0 Å². The zero-order chi connectivity index (χ0) is 11.3. The van der Waals surface area contributed by atoms with E-state index in [0.29, 0.717) is 5.69 Å². The largest absolute Gasteiger partial charge is 0.394 e. The Morgan fingerprint density at radius 3 is 3.07 bits per heavy atom.